The first-order valence-electron chi connectivity index (χ1n) is 5.79. The van der Waals surface area contributed by atoms with Gasteiger partial charge in [0.25, 0.3) is 0 Å². The Bertz CT molecular complexity index is 311. The van der Waals surface area contributed by atoms with Gasteiger partial charge in [-0.3, -0.25) is 0 Å². The van der Waals surface area contributed by atoms with Crippen molar-refractivity contribution in [3.8, 4) is 0 Å². The van der Waals surface area contributed by atoms with Crippen molar-refractivity contribution in [2.45, 2.75) is 38.9 Å². The Kier molecular flexibility index (Phi) is 4.35. The van der Waals surface area contributed by atoms with Crippen LogP contribution in [0, 0.1) is 0 Å². The van der Waals surface area contributed by atoms with E-state index in [2.05, 4.69) is 4.99 Å². The normalized spacial score (nSPS) is 23.6. The highest BCUT2D eigenvalue weighted by molar-refractivity contribution is 6.60. The summed E-state index contributed by atoms with van der Waals surface area (Å²) in [5.41, 5.74) is 5.52. The molecule has 0 aromatic carbocycles. The molecule has 0 saturated carbocycles. The summed E-state index contributed by atoms with van der Waals surface area (Å²) in [6.07, 6.45) is 3.16. The quantitative estimate of drug-likeness (QED) is 0.418. The summed E-state index contributed by atoms with van der Waals surface area (Å²) in [4.78, 5) is 2.93. The van der Waals surface area contributed by atoms with Crippen LogP contribution in [0.1, 0.15) is 27.7 Å². The van der Waals surface area contributed by atoms with E-state index in [1.807, 2.05) is 27.7 Å². The fraction of sp³-hybridized carbons (Fsp3) is 0.727. The van der Waals surface area contributed by atoms with Gasteiger partial charge < -0.3 is 20.1 Å². The van der Waals surface area contributed by atoms with Gasteiger partial charge in [0.05, 0.1) is 16.7 Å². The van der Waals surface area contributed by atoms with Crippen LogP contribution < -0.4 is 10.7 Å². The van der Waals surface area contributed by atoms with E-state index in [0.717, 1.165) is 5.47 Å². The molecule has 1 rings (SSSR count). The van der Waals surface area contributed by atoms with Gasteiger partial charge in [0.15, 0.2) is 12.8 Å². The molecule has 0 amide bonds. The summed E-state index contributed by atoms with van der Waals surface area (Å²) >= 11 is 0. The van der Waals surface area contributed by atoms with Crippen LogP contribution in [0.3, 0.4) is 0 Å². The third kappa shape index (κ3) is 3.09. The van der Waals surface area contributed by atoms with E-state index in [9.17, 15) is 0 Å². The molecule has 4 N–H and O–H groups in total. The van der Waals surface area contributed by atoms with Crippen LogP contribution in [0.2, 0.25) is 0 Å². The highest BCUT2D eigenvalue weighted by atomic mass is 16.7. The van der Waals surface area contributed by atoms with Crippen molar-refractivity contribution in [3.63, 3.8) is 0 Å². The zero-order valence-electron chi connectivity index (χ0n) is 11.0. The number of allylic oxidation sites excluding steroid dienone is 1. The molecule has 0 bridgehead atoms. The first-order chi connectivity index (χ1) is 7.84. The van der Waals surface area contributed by atoms with E-state index in [-0.39, 0.29) is 17.8 Å². The zero-order valence-corrected chi connectivity index (χ0v) is 11.0. The summed E-state index contributed by atoms with van der Waals surface area (Å²) in [7, 11) is -0.476. The minimum Gasteiger partial charge on any atom is -0.405 e. The van der Waals surface area contributed by atoms with Gasteiger partial charge in [-0.2, -0.15) is 0 Å². The van der Waals surface area contributed by atoms with Crippen molar-refractivity contribution in [1.29, 1.82) is 0 Å². The maximum absolute atomic E-state index is 8.69. The maximum atomic E-state index is 8.69. The summed E-state index contributed by atoms with van der Waals surface area (Å²) in [5.74, 6) is 0. The largest absolute Gasteiger partial charge is 0.502 e. The number of nitrogens with two attached hydrogens (primary N) is 1. The molecule has 1 fully saturated rings. The Morgan fingerprint density at radius 2 is 1.82 bits per heavy atom. The van der Waals surface area contributed by atoms with Crippen molar-refractivity contribution in [3.05, 3.63) is 11.7 Å². The van der Waals surface area contributed by atoms with E-state index < -0.39 is 7.12 Å². The van der Waals surface area contributed by atoms with Gasteiger partial charge in [0.1, 0.15) is 6.61 Å². The lowest BCUT2D eigenvalue weighted by Gasteiger charge is -2.32. The molecule has 6 heteroatoms. The molecule has 1 aliphatic rings. The topological polar surface area (TPSA) is 78.7 Å². The van der Waals surface area contributed by atoms with Gasteiger partial charge in [-0.15, -0.1) is 0 Å². The Labute approximate surface area is 103 Å². The second-order valence-electron chi connectivity index (χ2n) is 5.08. The Balaban J connectivity index is 2.75. The molecular weight excluding hydrogens is 219 g/mol. The Morgan fingerprint density at radius 3 is 2.24 bits per heavy atom. The fourth-order valence-corrected chi connectivity index (χ4v) is 1.43. The average molecular weight is 241 g/mol. The molecule has 1 aliphatic heterocycles. The summed E-state index contributed by atoms with van der Waals surface area (Å²) in [6.45, 7) is 8.49. The van der Waals surface area contributed by atoms with Crippen LogP contribution in [-0.4, -0.2) is 42.8 Å². The molecule has 5 nitrogen and oxygen atoms in total. The third-order valence-electron chi connectivity index (χ3n) is 3.24. The summed E-state index contributed by atoms with van der Waals surface area (Å²) in [6, 6.07) is 0. The Morgan fingerprint density at radius 1 is 1.29 bits per heavy atom. The Hall–Kier alpha value is -0.845. The highest BCUT2D eigenvalue weighted by Crippen LogP contribution is 2.37. The van der Waals surface area contributed by atoms with Gasteiger partial charge in [-0.1, -0.05) is 0 Å². The molecular formula is C11H22BN2O3+. The van der Waals surface area contributed by atoms with E-state index in [4.69, 9.17) is 20.1 Å². The number of aliphatic hydroxyl groups excluding tert-OH is 1. The lowest BCUT2D eigenvalue weighted by atomic mass is 9.79. The molecule has 1 saturated heterocycles. The van der Waals surface area contributed by atoms with Crippen LogP contribution in [0.4, 0.5) is 0 Å². The first-order valence-corrected chi connectivity index (χ1v) is 5.79. The third-order valence-corrected chi connectivity index (χ3v) is 3.24. The smallest absolute Gasteiger partial charge is 0.405 e. The average Bonchev–Trinajstić information content (AvgIpc) is 2.43. The molecule has 0 radical (unpaired) electrons. The van der Waals surface area contributed by atoms with Crippen molar-refractivity contribution in [2.24, 2.45) is 5.73 Å². The monoisotopic (exact) mass is 241 g/mol. The summed E-state index contributed by atoms with van der Waals surface area (Å²) < 4.78 is 11.7. The minimum absolute atomic E-state index is 0.0672. The minimum atomic E-state index is -0.476. The van der Waals surface area contributed by atoms with Crippen molar-refractivity contribution in [1.82, 2.24) is 0 Å². The molecule has 17 heavy (non-hydrogen) atoms. The number of rotatable bonds is 4. The standard InChI is InChI=1S/C11H21BN2O3/c1-10(2)11(3,4)17-12(16-10)9(7-13)8-14-5-6-15/h7-8,15H,5-6,13H2,1-4H3/p+1. The SMILES string of the molecule is CC1(C)OB(C(C=[NH+]CCO)=CN)OC1(C)C. The van der Waals surface area contributed by atoms with E-state index in [0.29, 0.717) is 6.54 Å². The molecule has 0 aromatic heterocycles. The van der Waals surface area contributed by atoms with Crippen molar-refractivity contribution < 1.29 is 19.4 Å². The second kappa shape index (κ2) is 5.20. The molecule has 1 heterocycles. The molecule has 0 unspecified atom stereocenters. The number of nitrogens with one attached hydrogen (secondary N) is 1. The first kappa shape index (κ1) is 14.2. The lowest BCUT2D eigenvalue weighted by Crippen LogP contribution is -2.70. The summed E-state index contributed by atoms with van der Waals surface area (Å²) in [5, 5.41) is 8.69. The van der Waals surface area contributed by atoms with E-state index in [1.165, 1.54) is 6.20 Å². The van der Waals surface area contributed by atoms with Crippen LogP contribution in [-0.2, 0) is 9.31 Å². The number of hydrogen-bond acceptors (Lipinski definition) is 4. The lowest BCUT2D eigenvalue weighted by molar-refractivity contribution is -0.454. The van der Waals surface area contributed by atoms with Crippen LogP contribution in [0.25, 0.3) is 0 Å². The maximum Gasteiger partial charge on any atom is 0.502 e. The van der Waals surface area contributed by atoms with Gasteiger partial charge in [0.2, 0.25) is 0 Å². The van der Waals surface area contributed by atoms with Crippen LogP contribution in [0.5, 0.6) is 0 Å². The predicted octanol–water partition coefficient (Wildman–Crippen LogP) is -1.40. The molecule has 0 aromatic rings. The van der Waals surface area contributed by atoms with E-state index in [1.54, 1.807) is 6.21 Å². The predicted molar refractivity (Wildman–Crippen MR) is 67.3 cm³/mol. The van der Waals surface area contributed by atoms with Gasteiger partial charge >= 0.3 is 7.12 Å². The van der Waals surface area contributed by atoms with Crippen LogP contribution in [0.15, 0.2) is 11.7 Å². The fourth-order valence-electron chi connectivity index (χ4n) is 1.43. The van der Waals surface area contributed by atoms with Gasteiger partial charge in [0, 0.05) is 0 Å². The van der Waals surface area contributed by atoms with Crippen molar-refractivity contribution in [2.75, 3.05) is 13.2 Å². The molecule has 0 atom stereocenters. The highest BCUT2D eigenvalue weighted by Gasteiger charge is 2.52. The zero-order chi connectivity index (χ0) is 13.1. The molecule has 0 spiro atoms. The van der Waals surface area contributed by atoms with Gasteiger partial charge in [-0.25, -0.2) is 4.99 Å². The second-order valence-corrected chi connectivity index (χ2v) is 5.08. The van der Waals surface area contributed by atoms with Crippen LogP contribution >= 0.6 is 0 Å². The van der Waals surface area contributed by atoms with Crippen molar-refractivity contribution >= 4 is 13.3 Å². The molecule has 96 valence electrons. The van der Waals surface area contributed by atoms with E-state index >= 15 is 0 Å². The molecule has 0 aliphatic carbocycles. The van der Waals surface area contributed by atoms with Gasteiger partial charge in [-0.05, 0) is 33.9 Å². The number of hydrogen-bond donors (Lipinski definition) is 3. The number of aliphatic hydroxyl groups is 1.